The Morgan fingerprint density at radius 2 is 1.17 bits per heavy atom. The average Bonchev–Trinajstić information content (AvgIpc) is 1.59. The first kappa shape index (κ1) is 79.1. The van der Waals surface area contributed by atoms with Crippen LogP contribution < -0.4 is 38.8 Å². The van der Waals surface area contributed by atoms with Crippen molar-refractivity contribution in [2.24, 2.45) is 23.2 Å². The zero-order chi connectivity index (χ0) is 75.4. The zero-order valence-corrected chi connectivity index (χ0v) is 60.4. The minimum absolute atomic E-state index is 0.00518. The average molecular weight is 1450 g/mol. The smallest absolute Gasteiger partial charge is 0.416 e. The number of benzene rings is 4. The standard InChI is InChI=1S/C76H97N5O23/c1-42(2)50(31-49(82)21-24-98-26-25-95-9)58(83)29-45(5)68(88)77-48-18-15-46(16-19-48)39-102-74(93)80-54-34-64(62(96-10)32-51(54)69(89)78-37-43(3)27-56(78)71(80)91)99-22-13-12-14-23-100-65-35-55-52(33-63(65)97-11)70(90)79-38-44(4)28-57(79)72(92)81(55)75(94)103-40-47-17-20-61(53(30-47)59(84)36-76(6,7)8)104-73-67(87)66(86)60(85)41-101-73/h15-20,30,32-35,42,45,50,56-57,60,66-67,71-73,85-87,91-92H,3-4,12-14,21-29,31,36-41H2,1-2,5-11H3,(H,77,88)/t45?,50-,56-,57-,60+,66-,67+,71?,72?,73-/m0/s1. The number of nitrogens with zero attached hydrogens (tertiary/aromatic N) is 4. The van der Waals surface area contributed by atoms with Gasteiger partial charge >= 0.3 is 12.2 Å². The summed E-state index contributed by atoms with van der Waals surface area (Å²) in [6.45, 7) is 19.5. The van der Waals surface area contributed by atoms with Gasteiger partial charge in [-0.05, 0) is 91.0 Å². The Kier molecular flexibility index (Phi) is 26.8. The molecule has 0 spiro atoms. The van der Waals surface area contributed by atoms with E-state index in [4.69, 9.17) is 47.4 Å². The molecule has 5 aliphatic rings. The van der Waals surface area contributed by atoms with Crippen molar-refractivity contribution in [2.45, 2.75) is 162 Å². The molecule has 4 aromatic carbocycles. The monoisotopic (exact) mass is 1450 g/mol. The van der Waals surface area contributed by atoms with Crippen LogP contribution in [-0.4, -0.2) is 206 Å². The van der Waals surface area contributed by atoms with E-state index in [9.17, 15) is 63.9 Å². The molecule has 4 aromatic rings. The molecule has 0 aliphatic carbocycles. The van der Waals surface area contributed by atoms with Crippen molar-refractivity contribution in [1.82, 2.24) is 9.80 Å². The van der Waals surface area contributed by atoms with Gasteiger partial charge in [0.05, 0.1) is 94.0 Å². The predicted molar refractivity (Wildman–Crippen MR) is 378 cm³/mol. The van der Waals surface area contributed by atoms with Gasteiger partial charge in [0.15, 0.2) is 41.2 Å². The molecule has 0 saturated carbocycles. The lowest BCUT2D eigenvalue weighted by Crippen LogP contribution is -2.54. The number of aliphatic hydroxyl groups excluding tert-OH is 5. The Balaban J connectivity index is 0.831. The molecule has 104 heavy (non-hydrogen) atoms. The van der Waals surface area contributed by atoms with E-state index in [0.717, 1.165) is 9.80 Å². The van der Waals surface area contributed by atoms with Crippen molar-refractivity contribution in [3.8, 4) is 28.7 Å². The van der Waals surface area contributed by atoms with Crippen LogP contribution in [-0.2, 0) is 51.3 Å². The number of carbonyl (C=O) groups is 8. The topological polar surface area (TPSA) is 355 Å². The van der Waals surface area contributed by atoms with Gasteiger partial charge in [-0.25, -0.2) is 19.4 Å². The molecule has 5 amide bonds. The van der Waals surface area contributed by atoms with Crippen LogP contribution in [0.4, 0.5) is 26.7 Å². The molecular weight excluding hydrogens is 1350 g/mol. The van der Waals surface area contributed by atoms with Crippen molar-refractivity contribution in [3.05, 3.63) is 119 Å². The van der Waals surface area contributed by atoms with Crippen LogP contribution in [0.25, 0.3) is 0 Å². The van der Waals surface area contributed by atoms with E-state index in [2.05, 4.69) is 18.5 Å². The van der Waals surface area contributed by atoms with E-state index in [1.54, 1.807) is 38.3 Å². The number of ether oxygens (including phenoxy) is 10. The van der Waals surface area contributed by atoms with Gasteiger partial charge in [0.25, 0.3) is 11.8 Å². The highest BCUT2D eigenvalue weighted by Crippen LogP contribution is 2.45. The molecule has 3 fully saturated rings. The number of fused-ring (bicyclic) bond motifs is 4. The predicted octanol–water partition coefficient (Wildman–Crippen LogP) is 8.08. The lowest BCUT2D eigenvalue weighted by atomic mass is 9.83. The molecule has 5 heterocycles. The van der Waals surface area contributed by atoms with Crippen LogP contribution in [0.5, 0.6) is 28.7 Å². The Labute approximate surface area is 604 Å². The van der Waals surface area contributed by atoms with Gasteiger partial charge in [-0.2, -0.15) is 0 Å². The summed E-state index contributed by atoms with van der Waals surface area (Å²) in [5.41, 5.74) is 2.21. The van der Waals surface area contributed by atoms with Crippen LogP contribution in [0, 0.1) is 23.2 Å². The van der Waals surface area contributed by atoms with Crippen LogP contribution in [0.3, 0.4) is 0 Å². The van der Waals surface area contributed by atoms with Crippen molar-refractivity contribution in [3.63, 3.8) is 0 Å². The van der Waals surface area contributed by atoms with Crippen LogP contribution in [0.2, 0.25) is 0 Å². The molecule has 564 valence electrons. The zero-order valence-electron chi connectivity index (χ0n) is 60.4. The number of anilines is 3. The third-order valence-corrected chi connectivity index (χ3v) is 18.8. The van der Waals surface area contributed by atoms with Crippen LogP contribution in [0.15, 0.2) is 91.0 Å². The second-order valence-electron chi connectivity index (χ2n) is 28.4. The highest BCUT2D eigenvalue weighted by atomic mass is 16.7. The molecule has 0 aromatic heterocycles. The molecule has 28 nitrogen and oxygen atoms in total. The van der Waals surface area contributed by atoms with Crippen molar-refractivity contribution < 1.29 is 111 Å². The fourth-order valence-electron chi connectivity index (χ4n) is 13.1. The molecule has 10 atom stereocenters. The maximum atomic E-state index is 14.5. The molecule has 3 saturated heterocycles. The number of amides is 5. The minimum atomic E-state index is -1.65. The SMILES string of the molecule is C=C1C[C@H]2C(O)N(C(=O)OCc3ccc(NC(=O)C(C)CC(=O)[C@@H](CC(=O)CCOCCOC)C(C)C)cc3)c3cc(OCCCCCOc4cc5c(cc4OC)C(=O)N4CC(=C)C[C@H]4C(O)N5C(=O)OCc4ccc(O[C@@H]5OC[C@@H](O)[C@H](O)[C@H]5O)c(C(=O)CC(C)(C)C)c4)c(OC)cc3C(=O)N2C1. The summed E-state index contributed by atoms with van der Waals surface area (Å²) in [5.74, 6) is -2.78. The molecule has 0 bridgehead atoms. The molecule has 9 rings (SSSR count). The first-order chi connectivity index (χ1) is 49.5. The third-order valence-electron chi connectivity index (χ3n) is 18.8. The van der Waals surface area contributed by atoms with Crippen molar-refractivity contribution in [2.75, 3.05) is 89.2 Å². The molecular formula is C76H97N5O23. The Morgan fingerprint density at radius 1 is 0.635 bits per heavy atom. The summed E-state index contributed by atoms with van der Waals surface area (Å²) < 4.78 is 57.5. The quantitative estimate of drug-likeness (QED) is 0.0153. The summed E-state index contributed by atoms with van der Waals surface area (Å²) in [4.78, 5) is 116. The number of aliphatic hydroxyl groups is 5. The van der Waals surface area contributed by atoms with Gasteiger partial charge in [0, 0.05) is 75.5 Å². The normalized spacial score (nSPS) is 21.4. The first-order valence-corrected chi connectivity index (χ1v) is 34.9. The second kappa shape index (κ2) is 35.2. The second-order valence-corrected chi connectivity index (χ2v) is 28.4. The molecule has 5 aliphatic heterocycles. The van der Waals surface area contributed by atoms with Gasteiger partial charge in [0.1, 0.15) is 48.8 Å². The minimum Gasteiger partial charge on any atom is -0.493 e. The number of nitrogens with one attached hydrogen (secondary N) is 1. The van der Waals surface area contributed by atoms with Gasteiger partial charge in [0.2, 0.25) is 12.2 Å². The van der Waals surface area contributed by atoms with Gasteiger partial charge in [-0.3, -0.25) is 28.8 Å². The highest BCUT2D eigenvalue weighted by Gasteiger charge is 2.49. The fraction of sp³-hybridized carbons (Fsp3) is 0.526. The number of rotatable bonds is 32. The number of Topliss-reactive ketones (excluding diaryl/α,β-unsaturated/α-hetero) is 3. The Bertz CT molecular complexity index is 3820. The van der Waals surface area contributed by atoms with E-state index in [-0.39, 0.29) is 165 Å². The van der Waals surface area contributed by atoms with E-state index < -0.39 is 103 Å². The molecule has 0 radical (unpaired) electrons. The van der Waals surface area contributed by atoms with Crippen molar-refractivity contribution >= 4 is 64.3 Å². The van der Waals surface area contributed by atoms with E-state index in [1.807, 2.05) is 34.6 Å². The highest BCUT2D eigenvalue weighted by molar-refractivity contribution is 6.07. The summed E-state index contributed by atoms with van der Waals surface area (Å²) in [6, 6.07) is 14.9. The summed E-state index contributed by atoms with van der Waals surface area (Å²) in [7, 11) is 4.35. The number of methoxy groups -OCH3 is 3. The first-order valence-electron chi connectivity index (χ1n) is 34.9. The summed E-state index contributed by atoms with van der Waals surface area (Å²) in [5, 5.41) is 57.9. The van der Waals surface area contributed by atoms with E-state index in [1.165, 1.54) is 66.5 Å². The maximum absolute atomic E-state index is 14.5. The molecule has 28 heteroatoms. The van der Waals surface area contributed by atoms with Crippen LogP contribution >= 0.6 is 0 Å². The fourth-order valence-corrected chi connectivity index (χ4v) is 13.1. The molecule has 3 unspecified atom stereocenters. The maximum Gasteiger partial charge on any atom is 0.416 e. The van der Waals surface area contributed by atoms with Gasteiger partial charge in [-0.15, -0.1) is 0 Å². The lowest BCUT2D eigenvalue weighted by Gasteiger charge is -2.35. The van der Waals surface area contributed by atoms with Gasteiger partial charge < -0.3 is 88.0 Å². The van der Waals surface area contributed by atoms with E-state index >= 15 is 0 Å². The molecule has 6 N–H and O–H groups in total. The third kappa shape index (κ3) is 19.1. The Morgan fingerprint density at radius 3 is 1.69 bits per heavy atom. The lowest BCUT2D eigenvalue weighted by molar-refractivity contribution is -0.242. The van der Waals surface area contributed by atoms with Crippen LogP contribution in [0.1, 0.15) is 142 Å². The Hall–Kier alpha value is -9.00. The number of unbranched alkanes of at least 4 members (excludes halogenated alkanes) is 2. The number of carbonyl (C=O) groups excluding carboxylic acids is 8. The van der Waals surface area contributed by atoms with Gasteiger partial charge in [-0.1, -0.05) is 84.0 Å². The largest absolute Gasteiger partial charge is 0.493 e. The number of ketones is 3. The van der Waals surface area contributed by atoms with E-state index in [0.29, 0.717) is 60.4 Å². The number of hydrogen-bond donors (Lipinski definition) is 6. The summed E-state index contributed by atoms with van der Waals surface area (Å²) in [6.07, 6.45) is -9.24. The summed E-state index contributed by atoms with van der Waals surface area (Å²) >= 11 is 0. The van der Waals surface area contributed by atoms with Crippen molar-refractivity contribution in [1.29, 1.82) is 0 Å². The number of hydrogen-bond acceptors (Lipinski definition) is 23.